The summed E-state index contributed by atoms with van der Waals surface area (Å²) in [6, 6.07) is 12.9. The number of nitrogens with one attached hydrogen (secondary N) is 1. The summed E-state index contributed by atoms with van der Waals surface area (Å²) in [5.74, 6) is 0.640. The molecule has 0 bridgehead atoms. The van der Waals surface area contributed by atoms with Gasteiger partial charge in [0.15, 0.2) is 0 Å². The number of nitrogens with zero attached hydrogens (tertiary/aromatic N) is 1. The van der Waals surface area contributed by atoms with Crippen LogP contribution in [0, 0.1) is 0 Å². The van der Waals surface area contributed by atoms with Crippen molar-refractivity contribution in [2.45, 2.75) is 19.4 Å². The molecule has 1 N–H and O–H groups in total. The lowest BCUT2D eigenvalue weighted by molar-refractivity contribution is 0.398. The summed E-state index contributed by atoms with van der Waals surface area (Å²) in [4.78, 5) is 4.23. The van der Waals surface area contributed by atoms with E-state index in [0.29, 0.717) is 11.9 Å². The van der Waals surface area contributed by atoms with Crippen LogP contribution in [0.5, 0.6) is 5.88 Å². The number of benzene rings is 1. The molecule has 1 aromatic carbocycles. The Balaban J connectivity index is 2.21. The maximum absolute atomic E-state index is 5.07. The van der Waals surface area contributed by atoms with Crippen LogP contribution in [0.2, 0.25) is 0 Å². The van der Waals surface area contributed by atoms with Gasteiger partial charge in [-0.2, -0.15) is 0 Å². The molecule has 0 spiro atoms. The van der Waals surface area contributed by atoms with Gasteiger partial charge < -0.3 is 10.1 Å². The third-order valence-electron chi connectivity index (χ3n) is 3.35. The van der Waals surface area contributed by atoms with Gasteiger partial charge in [0.2, 0.25) is 5.88 Å². The van der Waals surface area contributed by atoms with E-state index in [1.807, 2.05) is 25.4 Å². The number of rotatable bonds is 5. The molecule has 1 heterocycles. The summed E-state index contributed by atoms with van der Waals surface area (Å²) in [5, 5.41) is 3.31. The molecule has 0 radical (unpaired) electrons. The van der Waals surface area contributed by atoms with Crippen molar-refractivity contribution in [1.82, 2.24) is 10.3 Å². The highest BCUT2D eigenvalue weighted by molar-refractivity contribution is 5.63. The van der Waals surface area contributed by atoms with Gasteiger partial charge >= 0.3 is 0 Å². The van der Waals surface area contributed by atoms with Gasteiger partial charge in [-0.3, -0.25) is 0 Å². The molecular weight excluding hydrogens is 236 g/mol. The van der Waals surface area contributed by atoms with Crippen LogP contribution in [0.25, 0.3) is 11.1 Å². The van der Waals surface area contributed by atoms with Crippen molar-refractivity contribution < 1.29 is 4.74 Å². The highest BCUT2D eigenvalue weighted by atomic mass is 16.5. The van der Waals surface area contributed by atoms with E-state index in [2.05, 4.69) is 41.5 Å². The van der Waals surface area contributed by atoms with Crippen molar-refractivity contribution >= 4 is 0 Å². The van der Waals surface area contributed by atoms with Gasteiger partial charge in [-0.1, -0.05) is 31.2 Å². The number of hydrogen-bond acceptors (Lipinski definition) is 3. The largest absolute Gasteiger partial charge is 0.481 e. The Labute approximate surface area is 114 Å². The first kappa shape index (κ1) is 13.6. The molecule has 0 amide bonds. The summed E-state index contributed by atoms with van der Waals surface area (Å²) in [5.41, 5.74) is 3.59. The smallest absolute Gasteiger partial charge is 0.212 e. The number of methoxy groups -OCH3 is 1. The molecule has 0 saturated heterocycles. The Kier molecular flexibility index (Phi) is 4.53. The lowest BCUT2D eigenvalue weighted by Gasteiger charge is -2.14. The minimum Gasteiger partial charge on any atom is -0.481 e. The van der Waals surface area contributed by atoms with Gasteiger partial charge in [0, 0.05) is 23.9 Å². The maximum Gasteiger partial charge on any atom is 0.212 e. The fourth-order valence-electron chi connectivity index (χ4n) is 2.19. The minimum absolute atomic E-state index is 0.419. The Morgan fingerprint density at radius 3 is 2.26 bits per heavy atom. The topological polar surface area (TPSA) is 34.1 Å². The van der Waals surface area contributed by atoms with Crippen LogP contribution in [0.15, 0.2) is 42.6 Å². The summed E-state index contributed by atoms with van der Waals surface area (Å²) in [7, 11) is 3.62. The van der Waals surface area contributed by atoms with Crippen LogP contribution >= 0.6 is 0 Å². The van der Waals surface area contributed by atoms with Crippen LogP contribution in [-0.2, 0) is 0 Å². The Morgan fingerprint density at radius 2 is 1.79 bits per heavy atom. The lowest BCUT2D eigenvalue weighted by Crippen LogP contribution is -2.14. The lowest BCUT2D eigenvalue weighted by atomic mass is 10.0. The maximum atomic E-state index is 5.07. The van der Waals surface area contributed by atoms with Crippen LogP contribution in [0.3, 0.4) is 0 Å². The Morgan fingerprint density at radius 1 is 1.11 bits per heavy atom. The first-order chi connectivity index (χ1) is 9.28. The number of ether oxygens (including phenoxy) is 1. The van der Waals surface area contributed by atoms with Crippen molar-refractivity contribution in [2.24, 2.45) is 0 Å². The van der Waals surface area contributed by atoms with Crippen molar-refractivity contribution in [3.05, 3.63) is 48.2 Å². The van der Waals surface area contributed by atoms with Gasteiger partial charge in [-0.25, -0.2) is 4.98 Å². The predicted molar refractivity (Wildman–Crippen MR) is 78.3 cm³/mol. The first-order valence-electron chi connectivity index (χ1n) is 6.56. The second-order valence-electron chi connectivity index (χ2n) is 4.46. The zero-order valence-corrected chi connectivity index (χ0v) is 11.7. The standard InChI is InChI=1S/C16H20N2O/c1-4-15(17-2)13-7-5-12(6-8-13)14-9-10-16(19-3)18-11-14/h5-11,15,17H,4H2,1-3H3. The second kappa shape index (κ2) is 6.34. The van der Waals surface area contributed by atoms with Gasteiger partial charge in [0.25, 0.3) is 0 Å². The molecule has 0 aliphatic rings. The molecule has 2 rings (SSSR count). The van der Waals surface area contributed by atoms with E-state index in [1.165, 1.54) is 11.1 Å². The Bertz CT molecular complexity index is 501. The SMILES string of the molecule is CCC(NC)c1ccc(-c2ccc(OC)nc2)cc1. The van der Waals surface area contributed by atoms with Crippen molar-refractivity contribution in [1.29, 1.82) is 0 Å². The third-order valence-corrected chi connectivity index (χ3v) is 3.35. The molecule has 0 saturated carbocycles. The van der Waals surface area contributed by atoms with Gasteiger partial charge in [0.05, 0.1) is 7.11 Å². The zero-order valence-electron chi connectivity index (χ0n) is 11.7. The molecular formula is C16H20N2O. The quantitative estimate of drug-likeness (QED) is 0.890. The van der Waals surface area contributed by atoms with Gasteiger partial charge in [-0.05, 0) is 30.7 Å². The molecule has 1 aromatic heterocycles. The van der Waals surface area contributed by atoms with Crippen molar-refractivity contribution in [3.8, 4) is 17.0 Å². The summed E-state index contributed by atoms with van der Waals surface area (Å²) < 4.78 is 5.07. The van der Waals surface area contributed by atoms with Crippen LogP contribution in [-0.4, -0.2) is 19.1 Å². The van der Waals surface area contributed by atoms with E-state index in [1.54, 1.807) is 7.11 Å². The molecule has 1 unspecified atom stereocenters. The molecule has 0 aliphatic heterocycles. The molecule has 2 aromatic rings. The van der Waals surface area contributed by atoms with E-state index in [-0.39, 0.29) is 0 Å². The predicted octanol–water partition coefficient (Wildman–Crippen LogP) is 3.43. The highest BCUT2D eigenvalue weighted by Crippen LogP contribution is 2.23. The fourth-order valence-corrected chi connectivity index (χ4v) is 2.19. The average Bonchev–Trinajstić information content (AvgIpc) is 2.49. The summed E-state index contributed by atoms with van der Waals surface area (Å²) >= 11 is 0. The highest BCUT2D eigenvalue weighted by Gasteiger charge is 2.06. The molecule has 3 heteroatoms. The molecule has 0 aliphatic carbocycles. The molecule has 3 nitrogen and oxygen atoms in total. The second-order valence-corrected chi connectivity index (χ2v) is 4.46. The normalized spacial score (nSPS) is 12.2. The molecule has 100 valence electrons. The van der Waals surface area contributed by atoms with Crippen molar-refractivity contribution in [2.75, 3.05) is 14.2 Å². The van der Waals surface area contributed by atoms with Gasteiger partial charge in [-0.15, -0.1) is 0 Å². The average molecular weight is 256 g/mol. The van der Waals surface area contributed by atoms with Crippen LogP contribution in [0.1, 0.15) is 24.9 Å². The van der Waals surface area contributed by atoms with E-state index < -0.39 is 0 Å². The van der Waals surface area contributed by atoms with E-state index in [9.17, 15) is 0 Å². The number of pyridine rings is 1. The van der Waals surface area contributed by atoms with Gasteiger partial charge in [0.1, 0.15) is 0 Å². The van der Waals surface area contributed by atoms with E-state index >= 15 is 0 Å². The fraction of sp³-hybridized carbons (Fsp3) is 0.312. The number of hydrogen-bond donors (Lipinski definition) is 1. The molecule has 1 atom stereocenters. The third kappa shape index (κ3) is 3.12. The molecule has 19 heavy (non-hydrogen) atoms. The number of aromatic nitrogens is 1. The van der Waals surface area contributed by atoms with E-state index in [0.717, 1.165) is 12.0 Å². The monoisotopic (exact) mass is 256 g/mol. The van der Waals surface area contributed by atoms with Crippen LogP contribution in [0.4, 0.5) is 0 Å². The minimum atomic E-state index is 0.419. The Hall–Kier alpha value is -1.87. The molecule has 0 fully saturated rings. The summed E-state index contributed by atoms with van der Waals surface area (Å²) in [6.45, 7) is 2.18. The van der Waals surface area contributed by atoms with E-state index in [4.69, 9.17) is 4.74 Å². The summed E-state index contributed by atoms with van der Waals surface area (Å²) in [6.07, 6.45) is 2.92. The first-order valence-corrected chi connectivity index (χ1v) is 6.56. The van der Waals surface area contributed by atoms with Crippen LogP contribution < -0.4 is 10.1 Å². The zero-order chi connectivity index (χ0) is 13.7. The van der Waals surface area contributed by atoms with Crippen molar-refractivity contribution in [3.63, 3.8) is 0 Å².